The van der Waals surface area contributed by atoms with Crippen LogP contribution in [0.4, 0.5) is 0 Å². The number of nitrogens with zero attached hydrogens (tertiary/aromatic N) is 4. The van der Waals surface area contributed by atoms with Crippen molar-refractivity contribution < 1.29 is 0 Å². The zero-order valence-corrected chi connectivity index (χ0v) is 14.1. The topological polar surface area (TPSA) is 157 Å². The maximum Gasteiger partial charge on any atom is 3.00 e. The molecule has 0 saturated carbocycles. The van der Waals surface area contributed by atoms with Crippen molar-refractivity contribution in [1.82, 2.24) is 6.15 Å². The molecule has 0 fully saturated rings. The molecular formula is H3AlGa2InN5. The summed E-state index contributed by atoms with van der Waals surface area (Å²) in [5, 5.41) is 0. The van der Waals surface area contributed by atoms with Gasteiger partial charge in [0.25, 0.3) is 0 Å². The maximum absolute atomic E-state index is 0. The summed E-state index contributed by atoms with van der Waals surface area (Å²) in [5.74, 6) is 0. The molecule has 0 aromatic carbocycles. The van der Waals surface area contributed by atoms with E-state index in [9.17, 15) is 0 Å². The van der Waals surface area contributed by atoms with E-state index < -0.39 is 0 Å². The van der Waals surface area contributed by atoms with E-state index in [1.807, 2.05) is 0 Å². The largest absolute Gasteiger partial charge is 3.00 e. The molecule has 0 aliphatic carbocycles. The second kappa shape index (κ2) is 153. The Morgan fingerprint density at radius 1 is 0.556 bits per heavy atom. The molecule has 0 atom stereocenters. The molecule has 0 amide bonds. The molecule has 40 valence electrons. The van der Waals surface area contributed by atoms with Crippen LogP contribution in [0.2, 0.25) is 0 Å². The molecule has 3 N–H and O–H groups in total. The standard InChI is InChI=1S/Al.2Ga.In.H3N.4N/h;;;;1H3;;;;/q4*+3;;4*-3. The average Bonchev–Trinajstić information content (AvgIpc) is 0. The van der Waals surface area contributed by atoms with Crippen molar-refractivity contribution >= 4 is 82.8 Å². The van der Waals surface area contributed by atoms with Crippen molar-refractivity contribution in [3.63, 3.8) is 0 Å². The van der Waals surface area contributed by atoms with Crippen LogP contribution in [0.1, 0.15) is 0 Å². The Balaban J connectivity index is 0. The molecule has 5 nitrogen and oxygen atoms in total. The van der Waals surface area contributed by atoms with E-state index in [4.69, 9.17) is 0 Å². The van der Waals surface area contributed by atoms with Crippen LogP contribution in [-0.4, -0.2) is 82.8 Å². The summed E-state index contributed by atoms with van der Waals surface area (Å²) in [6.45, 7) is 0. The van der Waals surface area contributed by atoms with E-state index >= 15 is 0 Å². The van der Waals surface area contributed by atoms with Gasteiger partial charge in [-0.1, -0.05) is 0 Å². The molecule has 0 heterocycles. The monoisotopic (exact) mass is 353 g/mol. The van der Waals surface area contributed by atoms with Gasteiger partial charge in [0.2, 0.25) is 0 Å². The van der Waals surface area contributed by atoms with E-state index in [1.54, 1.807) is 0 Å². The Morgan fingerprint density at radius 3 is 0.556 bits per heavy atom. The van der Waals surface area contributed by atoms with Gasteiger partial charge in [-0.2, -0.15) is 0 Å². The number of hydrogen-bond acceptors (Lipinski definition) is 1. The van der Waals surface area contributed by atoms with Gasteiger partial charge in [-0.15, -0.1) is 0 Å². The molecular weight excluding hydrogens is 351 g/mol. The number of hydrogen-bond donors (Lipinski definition) is 1. The summed E-state index contributed by atoms with van der Waals surface area (Å²) < 4.78 is 0. The Hall–Kier alpha value is 2.48. The third-order valence-electron chi connectivity index (χ3n) is 0. The van der Waals surface area contributed by atoms with Gasteiger partial charge in [-0.25, -0.2) is 0 Å². The normalized spacial score (nSPS) is 0. The van der Waals surface area contributed by atoms with E-state index in [2.05, 4.69) is 0 Å². The van der Waals surface area contributed by atoms with Crippen molar-refractivity contribution in [2.75, 3.05) is 0 Å². The molecule has 0 aliphatic heterocycles. The molecule has 0 aliphatic rings. The predicted molar refractivity (Wildman–Crippen MR) is 41.5 cm³/mol. The van der Waals surface area contributed by atoms with Crippen LogP contribution in [0.15, 0.2) is 0 Å². The first-order valence-electron chi connectivity index (χ1n) is 0. The fourth-order valence-electron chi connectivity index (χ4n) is 0. The first-order valence-corrected chi connectivity index (χ1v) is 0. The summed E-state index contributed by atoms with van der Waals surface area (Å²) in [6.07, 6.45) is 0. The van der Waals surface area contributed by atoms with Gasteiger partial charge in [0, 0.05) is 0 Å². The molecule has 0 aromatic heterocycles. The van der Waals surface area contributed by atoms with Crippen molar-refractivity contribution in [2.45, 2.75) is 0 Å². The van der Waals surface area contributed by atoms with E-state index in [0.717, 1.165) is 0 Å². The first kappa shape index (κ1) is 206. The average molecular weight is 354 g/mol. The van der Waals surface area contributed by atoms with Gasteiger partial charge in [0.15, 0.2) is 0 Å². The quantitative estimate of drug-likeness (QED) is 0.587. The fourth-order valence-corrected chi connectivity index (χ4v) is 0. The second-order valence-electron chi connectivity index (χ2n) is 0. The van der Waals surface area contributed by atoms with Crippen molar-refractivity contribution in [1.29, 1.82) is 0 Å². The minimum atomic E-state index is 0. The summed E-state index contributed by atoms with van der Waals surface area (Å²) in [5.41, 5.74) is 0. The van der Waals surface area contributed by atoms with Gasteiger partial charge in [-0.05, 0) is 0 Å². The molecule has 0 radical (unpaired) electrons. The summed E-state index contributed by atoms with van der Waals surface area (Å²) in [7, 11) is 0. The Kier molecular flexibility index (Phi) is 3500. The third kappa shape index (κ3) is 123. The molecule has 0 aromatic rings. The van der Waals surface area contributed by atoms with Crippen LogP contribution >= 0.6 is 0 Å². The fraction of sp³-hybridized carbons (Fsp3) is 0. The molecule has 9 heteroatoms. The van der Waals surface area contributed by atoms with Crippen molar-refractivity contribution in [2.24, 2.45) is 0 Å². The van der Waals surface area contributed by atoms with E-state index in [1.165, 1.54) is 0 Å². The molecule has 0 spiro atoms. The zero-order chi connectivity index (χ0) is 0. The van der Waals surface area contributed by atoms with Crippen LogP contribution in [0.3, 0.4) is 0 Å². The Morgan fingerprint density at radius 2 is 0.556 bits per heavy atom. The van der Waals surface area contributed by atoms with Crippen LogP contribution < -0.4 is 6.15 Å². The molecule has 0 bridgehead atoms. The maximum atomic E-state index is 0. The minimum absolute atomic E-state index is 0. The molecule has 9 heavy (non-hydrogen) atoms. The van der Waals surface area contributed by atoms with Crippen LogP contribution in [0.5, 0.6) is 0 Å². The summed E-state index contributed by atoms with van der Waals surface area (Å²) in [6, 6.07) is 0. The minimum Gasteiger partial charge on any atom is -3.00 e. The van der Waals surface area contributed by atoms with Gasteiger partial charge >= 0.3 is 82.8 Å². The van der Waals surface area contributed by atoms with Crippen molar-refractivity contribution in [3.8, 4) is 0 Å². The molecule has 0 rings (SSSR count). The van der Waals surface area contributed by atoms with E-state index in [-0.39, 0.29) is 114 Å². The third-order valence-corrected chi connectivity index (χ3v) is 0. The number of rotatable bonds is 0. The second-order valence-corrected chi connectivity index (χ2v) is 0. The van der Waals surface area contributed by atoms with Gasteiger partial charge in [-0.3, -0.25) is 0 Å². The smallest absolute Gasteiger partial charge is 3.00 e. The SMILES string of the molecule is N.[Al+3].[Ga+3].[Ga+3].[In+3].[N-3].[N-3].[N-3].[N-3]. The van der Waals surface area contributed by atoms with Gasteiger partial charge in [0.1, 0.15) is 0 Å². The van der Waals surface area contributed by atoms with Crippen LogP contribution in [0, 0.1) is 0 Å². The first-order chi connectivity index (χ1) is 0. The predicted octanol–water partition coefficient (Wildman–Crippen LogP) is -0.206. The molecule has 0 unspecified atom stereocenters. The zero-order valence-electron chi connectivity index (χ0n) is 4.81. The Labute approximate surface area is 112 Å². The van der Waals surface area contributed by atoms with Gasteiger partial charge < -0.3 is 30.8 Å². The Bertz CT molecular complexity index is 14.9. The van der Waals surface area contributed by atoms with Gasteiger partial charge in [0.05, 0.1) is 0 Å². The summed E-state index contributed by atoms with van der Waals surface area (Å²) in [4.78, 5) is 0. The van der Waals surface area contributed by atoms with Crippen LogP contribution in [-0.2, 0) is 0 Å². The van der Waals surface area contributed by atoms with E-state index in [0.29, 0.717) is 0 Å². The summed E-state index contributed by atoms with van der Waals surface area (Å²) >= 11 is 0. The van der Waals surface area contributed by atoms with Crippen molar-refractivity contribution in [3.05, 3.63) is 24.6 Å². The van der Waals surface area contributed by atoms with Crippen LogP contribution in [0.25, 0.3) is 24.6 Å². The molecule has 0 saturated heterocycles.